The van der Waals surface area contributed by atoms with Gasteiger partial charge in [0, 0.05) is 5.38 Å². The zero-order valence-electron chi connectivity index (χ0n) is 7.80. The lowest BCUT2D eigenvalue weighted by atomic mass is 10.3. The smallest absolute Gasteiger partial charge is 0.309 e. The van der Waals surface area contributed by atoms with Gasteiger partial charge >= 0.3 is 5.97 Å². The first-order valence-electron chi connectivity index (χ1n) is 4.14. The number of aryl methyl sites for hydroxylation is 1. The molecule has 78 valence electrons. The molecule has 6 nitrogen and oxygen atoms in total. The molecule has 0 radical (unpaired) electrons. The number of hydrogen-bond acceptors (Lipinski definition) is 5. The Morgan fingerprint density at radius 3 is 3.07 bits per heavy atom. The van der Waals surface area contributed by atoms with Crippen LogP contribution in [0.25, 0.3) is 4.96 Å². The topological polar surface area (TPSA) is 84.6 Å². The van der Waals surface area contributed by atoms with Crippen molar-refractivity contribution < 1.29 is 9.90 Å². The van der Waals surface area contributed by atoms with Gasteiger partial charge in [-0.2, -0.15) is 10.1 Å². The van der Waals surface area contributed by atoms with Crippen molar-refractivity contribution in [3.63, 3.8) is 0 Å². The highest BCUT2D eigenvalue weighted by Crippen LogP contribution is 2.12. The van der Waals surface area contributed by atoms with E-state index in [2.05, 4.69) is 10.1 Å². The number of thiazole rings is 1. The predicted octanol–water partition coefficient (Wildman–Crippen LogP) is 0.0865. The molecule has 0 aliphatic carbocycles. The van der Waals surface area contributed by atoms with Crippen molar-refractivity contribution in [1.29, 1.82) is 0 Å². The zero-order chi connectivity index (χ0) is 11.0. The van der Waals surface area contributed by atoms with Crippen LogP contribution in [0.2, 0.25) is 0 Å². The minimum atomic E-state index is -0.937. The van der Waals surface area contributed by atoms with Gasteiger partial charge in [-0.25, -0.2) is 4.52 Å². The first kappa shape index (κ1) is 9.78. The predicted molar refractivity (Wildman–Crippen MR) is 53.2 cm³/mol. The van der Waals surface area contributed by atoms with Crippen molar-refractivity contribution in [2.75, 3.05) is 0 Å². The highest BCUT2D eigenvalue weighted by Gasteiger charge is 2.10. The van der Waals surface area contributed by atoms with Crippen LogP contribution in [0, 0.1) is 6.92 Å². The number of carboxylic acids is 1. The molecule has 0 unspecified atom stereocenters. The maximum absolute atomic E-state index is 11.2. The second-order valence-corrected chi connectivity index (χ2v) is 3.83. The average Bonchev–Trinajstić information content (AvgIpc) is 2.49. The Kier molecular flexibility index (Phi) is 2.24. The van der Waals surface area contributed by atoms with Crippen molar-refractivity contribution in [1.82, 2.24) is 14.6 Å². The molecule has 1 N–H and O–H groups in total. The lowest BCUT2D eigenvalue weighted by Crippen LogP contribution is -2.16. The lowest BCUT2D eigenvalue weighted by Gasteiger charge is -1.97. The summed E-state index contributed by atoms with van der Waals surface area (Å²) in [5.41, 5.74) is 0.411. The summed E-state index contributed by atoms with van der Waals surface area (Å²) in [4.78, 5) is 25.9. The molecule has 0 aliphatic rings. The van der Waals surface area contributed by atoms with Gasteiger partial charge in [0.1, 0.15) is 5.69 Å². The van der Waals surface area contributed by atoms with E-state index in [4.69, 9.17) is 5.11 Å². The molecule has 0 bridgehead atoms. The highest BCUT2D eigenvalue weighted by molar-refractivity contribution is 7.15. The standard InChI is InChI=1S/C8H7N3O3S/c1-4-7(14)9-8-11(10-4)5(3-15-8)2-6(12)13/h3H,2H2,1H3,(H,12,13). The molecular formula is C8H7N3O3S. The van der Waals surface area contributed by atoms with E-state index in [1.807, 2.05) is 0 Å². The van der Waals surface area contributed by atoms with Crippen molar-refractivity contribution in [3.8, 4) is 0 Å². The van der Waals surface area contributed by atoms with Crippen molar-refractivity contribution in [2.24, 2.45) is 0 Å². The summed E-state index contributed by atoms with van der Waals surface area (Å²) >= 11 is 1.20. The highest BCUT2D eigenvalue weighted by atomic mass is 32.1. The molecule has 2 aromatic rings. The van der Waals surface area contributed by atoms with E-state index in [1.165, 1.54) is 15.9 Å². The fourth-order valence-electron chi connectivity index (χ4n) is 1.16. The Morgan fingerprint density at radius 2 is 2.40 bits per heavy atom. The van der Waals surface area contributed by atoms with E-state index in [0.717, 1.165) is 0 Å². The van der Waals surface area contributed by atoms with Crippen LogP contribution in [0.15, 0.2) is 10.2 Å². The molecule has 0 spiro atoms. The number of rotatable bonds is 2. The molecule has 2 rings (SSSR count). The Balaban J connectivity index is 2.64. The molecule has 15 heavy (non-hydrogen) atoms. The Hall–Kier alpha value is -1.76. The van der Waals surface area contributed by atoms with Crippen LogP contribution in [0.4, 0.5) is 0 Å². The number of hydrogen-bond donors (Lipinski definition) is 1. The van der Waals surface area contributed by atoms with Crippen molar-refractivity contribution in [3.05, 3.63) is 27.1 Å². The third kappa shape index (κ3) is 1.73. The van der Waals surface area contributed by atoms with Gasteiger partial charge in [0.05, 0.1) is 12.1 Å². The van der Waals surface area contributed by atoms with Crippen molar-refractivity contribution >= 4 is 22.3 Å². The second kappa shape index (κ2) is 3.43. The molecule has 2 aromatic heterocycles. The van der Waals surface area contributed by atoms with E-state index >= 15 is 0 Å². The molecule has 0 aliphatic heterocycles. The van der Waals surface area contributed by atoms with E-state index in [9.17, 15) is 9.59 Å². The van der Waals surface area contributed by atoms with Crippen LogP contribution in [0.5, 0.6) is 0 Å². The Labute approximate surface area is 87.8 Å². The van der Waals surface area contributed by atoms with E-state index < -0.39 is 5.97 Å². The van der Waals surface area contributed by atoms with Crippen LogP contribution < -0.4 is 5.56 Å². The number of aromatic nitrogens is 3. The molecular weight excluding hydrogens is 218 g/mol. The maximum atomic E-state index is 11.2. The van der Waals surface area contributed by atoms with Gasteiger partial charge in [-0.1, -0.05) is 0 Å². The van der Waals surface area contributed by atoms with Gasteiger partial charge in [0.25, 0.3) is 5.56 Å². The summed E-state index contributed by atoms with van der Waals surface area (Å²) in [7, 11) is 0. The monoisotopic (exact) mass is 225 g/mol. The second-order valence-electron chi connectivity index (χ2n) is 2.99. The first-order valence-corrected chi connectivity index (χ1v) is 5.02. The van der Waals surface area contributed by atoms with Crippen LogP contribution >= 0.6 is 11.3 Å². The summed E-state index contributed by atoms with van der Waals surface area (Å²) in [6.07, 6.45) is -0.128. The average molecular weight is 225 g/mol. The van der Waals surface area contributed by atoms with Crippen molar-refractivity contribution in [2.45, 2.75) is 13.3 Å². The van der Waals surface area contributed by atoms with E-state index in [-0.39, 0.29) is 17.7 Å². The number of nitrogens with zero attached hydrogens (tertiary/aromatic N) is 3. The minimum absolute atomic E-state index is 0.128. The molecule has 7 heteroatoms. The maximum Gasteiger partial charge on any atom is 0.309 e. The van der Waals surface area contributed by atoms with Crippen LogP contribution in [-0.2, 0) is 11.2 Å². The summed E-state index contributed by atoms with van der Waals surface area (Å²) in [5.74, 6) is -0.937. The Morgan fingerprint density at radius 1 is 1.67 bits per heavy atom. The molecule has 0 atom stereocenters. The largest absolute Gasteiger partial charge is 0.481 e. The summed E-state index contributed by atoms with van der Waals surface area (Å²) in [6.45, 7) is 1.55. The lowest BCUT2D eigenvalue weighted by molar-refractivity contribution is -0.136. The van der Waals surface area contributed by atoms with Gasteiger partial charge in [-0.15, -0.1) is 11.3 Å². The number of carboxylic acid groups (broad SMARTS) is 1. The molecule has 0 saturated carbocycles. The van der Waals surface area contributed by atoms with Gasteiger partial charge in [0.2, 0.25) is 4.96 Å². The van der Waals surface area contributed by atoms with E-state index in [0.29, 0.717) is 10.7 Å². The molecule has 0 amide bonds. The molecule has 0 saturated heterocycles. The molecule has 0 fully saturated rings. The normalized spacial score (nSPS) is 10.7. The summed E-state index contributed by atoms with van der Waals surface area (Å²) in [5, 5.41) is 14.3. The fraction of sp³-hybridized carbons (Fsp3) is 0.250. The van der Waals surface area contributed by atoms with E-state index in [1.54, 1.807) is 12.3 Å². The SMILES string of the molecule is Cc1nn2c(CC(=O)O)csc2nc1=O. The van der Waals surface area contributed by atoms with Gasteiger partial charge < -0.3 is 5.11 Å². The Bertz CT molecular complexity index is 586. The number of fused-ring (bicyclic) bond motifs is 1. The summed E-state index contributed by atoms with van der Waals surface area (Å²) in [6, 6.07) is 0. The van der Waals surface area contributed by atoms with Gasteiger partial charge in [-0.05, 0) is 6.92 Å². The minimum Gasteiger partial charge on any atom is -0.481 e. The third-order valence-corrected chi connectivity index (χ3v) is 2.71. The molecule has 2 heterocycles. The van der Waals surface area contributed by atoms with Gasteiger partial charge in [-0.3, -0.25) is 9.59 Å². The van der Waals surface area contributed by atoms with Crippen LogP contribution in [0.1, 0.15) is 11.4 Å². The van der Waals surface area contributed by atoms with Crippen LogP contribution in [0.3, 0.4) is 0 Å². The third-order valence-electron chi connectivity index (χ3n) is 1.84. The number of carbonyl (C=O) groups is 1. The first-order chi connectivity index (χ1) is 7.08. The molecule has 0 aromatic carbocycles. The number of aliphatic carboxylic acids is 1. The quantitative estimate of drug-likeness (QED) is 0.782. The van der Waals surface area contributed by atoms with Gasteiger partial charge in [0.15, 0.2) is 0 Å². The van der Waals surface area contributed by atoms with Crippen LogP contribution in [-0.4, -0.2) is 25.7 Å². The fourth-order valence-corrected chi connectivity index (χ4v) is 1.97. The zero-order valence-corrected chi connectivity index (χ0v) is 8.61. The summed E-state index contributed by atoms with van der Waals surface area (Å²) < 4.78 is 1.40.